The Kier molecular flexibility index (Phi) is 3.37. The lowest BCUT2D eigenvalue weighted by Gasteiger charge is -2.11. The van der Waals surface area contributed by atoms with E-state index in [1.165, 1.54) is 6.07 Å². The Hall–Kier alpha value is -0.770. The summed E-state index contributed by atoms with van der Waals surface area (Å²) in [6.45, 7) is 1.64. The Morgan fingerprint density at radius 3 is 2.43 bits per heavy atom. The summed E-state index contributed by atoms with van der Waals surface area (Å²) >= 11 is 11.5. The molecule has 0 aliphatic heterocycles. The van der Waals surface area contributed by atoms with E-state index in [1.54, 1.807) is 13.0 Å². The quantitative estimate of drug-likeness (QED) is 0.827. The first-order valence-electron chi connectivity index (χ1n) is 3.80. The maximum atomic E-state index is 10.5. The molecule has 1 aromatic carbocycles. The minimum Gasteiger partial charge on any atom is -0.479 e. The van der Waals surface area contributed by atoms with E-state index in [0.717, 1.165) is 0 Å². The molecule has 0 saturated carbocycles. The van der Waals surface area contributed by atoms with Crippen LogP contribution in [0.5, 0.6) is 0 Å². The van der Waals surface area contributed by atoms with Gasteiger partial charge in [0.1, 0.15) is 0 Å². The third kappa shape index (κ3) is 2.18. The van der Waals surface area contributed by atoms with Crippen LogP contribution in [-0.2, 0) is 4.79 Å². The predicted octanol–water partition coefficient (Wildman–Crippen LogP) is 2.42. The zero-order valence-electron chi connectivity index (χ0n) is 7.29. The van der Waals surface area contributed by atoms with E-state index in [4.69, 9.17) is 28.3 Å². The lowest BCUT2D eigenvalue weighted by atomic mass is 10.0. The second-order valence-electron chi connectivity index (χ2n) is 2.86. The van der Waals surface area contributed by atoms with Crippen LogP contribution in [0, 0.1) is 6.92 Å². The molecule has 1 rings (SSSR count). The molecule has 0 aliphatic carbocycles. The highest BCUT2D eigenvalue weighted by Gasteiger charge is 2.21. The van der Waals surface area contributed by atoms with Crippen LogP contribution < -0.4 is 0 Å². The van der Waals surface area contributed by atoms with Crippen LogP contribution in [0.4, 0.5) is 0 Å². The number of hydrogen-bond acceptors (Lipinski definition) is 2. The zero-order chi connectivity index (χ0) is 10.9. The van der Waals surface area contributed by atoms with Gasteiger partial charge < -0.3 is 10.2 Å². The molecule has 0 radical (unpaired) electrons. The molecule has 0 bridgehead atoms. The number of carboxylic acids is 1. The van der Waals surface area contributed by atoms with Crippen molar-refractivity contribution in [2.24, 2.45) is 0 Å². The number of aliphatic carboxylic acids is 1. The van der Waals surface area contributed by atoms with E-state index < -0.39 is 12.1 Å². The fourth-order valence-corrected chi connectivity index (χ4v) is 1.88. The molecule has 0 fully saturated rings. The third-order valence-electron chi connectivity index (χ3n) is 1.81. The molecule has 0 amide bonds. The second-order valence-corrected chi connectivity index (χ2v) is 3.70. The highest BCUT2D eigenvalue weighted by Crippen LogP contribution is 2.29. The Morgan fingerprint density at radius 2 is 2.00 bits per heavy atom. The van der Waals surface area contributed by atoms with Crippen LogP contribution in [0.25, 0.3) is 0 Å². The molecule has 0 saturated heterocycles. The number of aliphatic hydroxyl groups excluding tert-OH is 1. The van der Waals surface area contributed by atoms with Crippen LogP contribution in [0.1, 0.15) is 17.2 Å². The minimum atomic E-state index is -1.61. The van der Waals surface area contributed by atoms with Crippen molar-refractivity contribution in [2.45, 2.75) is 13.0 Å². The van der Waals surface area contributed by atoms with Gasteiger partial charge in [-0.25, -0.2) is 4.79 Å². The first-order valence-corrected chi connectivity index (χ1v) is 4.55. The fraction of sp³-hybridized carbons (Fsp3) is 0.222. The van der Waals surface area contributed by atoms with Crippen molar-refractivity contribution in [2.75, 3.05) is 0 Å². The molecule has 5 heteroatoms. The summed E-state index contributed by atoms with van der Waals surface area (Å²) in [5, 5.41) is 18.5. The summed E-state index contributed by atoms with van der Waals surface area (Å²) in [5.74, 6) is -1.34. The van der Waals surface area contributed by atoms with E-state index in [9.17, 15) is 9.90 Å². The maximum absolute atomic E-state index is 10.5. The molecular weight excluding hydrogens is 227 g/mol. The van der Waals surface area contributed by atoms with Gasteiger partial charge >= 0.3 is 5.97 Å². The van der Waals surface area contributed by atoms with Crippen LogP contribution in [-0.4, -0.2) is 16.2 Å². The van der Waals surface area contributed by atoms with E-state index in [0.29, 0.717) is 10.6 Å². The molecule has 0 heterocycles. The van der Waals surface area contributed by atoms with Gasteiger partial charge in [0.25, 0.3) is 0 Å². The Morgan fingerprint density at radius 1 is 1.43 bits per heavy atom. The van der Waals surface area contributed by atoms with E-state index in [2.05, 4.69) is 0 Å². The summed E-state index contributed by atoms with van der Waals surface area (Å²) in [4.78, 5) is 10.5. The number of carbonyl (C=O) groups is 1. The topological polar surface area (TPSA) is 57.5 Å². The number of aryl methyl sites for hydroxylation is 1. The first kappa shape index (κ1) is 11.3. The average molecular weight is 235 g/mol. The number of carboxylic acid groups (broad SMARTS) is 1. The number of benzene rings is 1. The van der Waals surface area contributed by atoms with Crippen molar-refractivity contribution in [3.05, 3.63) is 33.3 Å². The lowest BCUT2D eigenvalue weighted by Crippen LogP contribution is -2.12. The Labute approximate surface area is 90.9 Å². The third-order valence-corrected chi connectivity index (χ3v) is 2.34. The molecule has 76 valence electrons. The standard InChI is InChI=1S/C9H8Cl2O3/c1-4-2-5(10)3-6(11)7(4)8(12)9(13)14/h2-3,8,12H,1H3,(H,13,14)/t8-/m1/s1. The summed E-state index contributed by atoms with van der Waals surface area (Å²) in [6.07, 6.45) is -1.61. The van der Waals surface area contributed by atoms with Crippen LogP contribution in [0.15, 0.2) is 12.1 Å². The molecular formula is C9H8Cl2O3. The molecule has 0 aliphatic rings. The zero-order valence-corrected chi connectivity index (χ0v) is 8.80. The SMILES string of the molecule is Cc1cc(Cl)cc(Cl)c1[C@@H](O)C(=O)O. The molecule has 3 nitrogen and oxygen atoms in total. The number of hydrogen-bond donors (Lipinski definition) is 2. The average Bonchev–Trinajstić information content (AvgIpc) is 2.01. The van der Waals surface area contributed by atoms with E-state index in [1.807, 2.05) is 0 Å². The summed E-state index contributed by atoms with van der Waals surface area (Å²) in [5.41, 5.74) is 0.737. The van der Waals surface area contributed by atoms with Gasteiger partial charge in [-0.3, -0.25) is 0 Å². The van der Waals surface area contributed by atoms with Gasteiger partial charge in [-0.15, -0.1) is 0 Å². The van der Waals surface area contributed by atoms with Crippen molar-refractivity contribution in [1.82, 2.24) is 0 Å². The van der Waals surface area contributed by atoms with Crippen molar-refractivity contribution in [3.63, 3.8) is 0 Å². The molecule has 0 unspecified atom stereocenters. The fourth-order valence-electron chi connectivity index (χ4n) is 1.18. The summed E-state index contributed by atoms with van der Waals surface area (Å²) in [6, 6.07) is 2.95. The van der Waals surface area contributed by atoms with Gasteiger partial charge in [0.2, 0.25) is 0 Å². The van der Waals surface area contributed by atoms with E-state index in [-0.39, 0.29) is 10.6 Å². The predicted molar refractivity (Wildman–Crippen MR) is 53.8 cm³/mol. The molecule has 0 aromatic heterocycles. The maximum Gasteiger partial charge on any atom is 0.337 e. The van der Waals surface area contributed by atoms with Crippen molar-refractivity contribution < 1.29 is 15.0 Å². The van der Waals surface area contributed by atoms with Crippen LogP contribution >= 0.6 is 23.2 Å². The van der Waals surface area contributed by atoms with Crippen molar-refractivity contribution in [3.8, 4) is 0 Å². The molecule has 0 spiro atoms. The van der Waals surface area contributed by atoms with E-state index >= 15 is 0 Å². The molecule has 2 N–H and O–H groups in total. The van der Waals surface area contributed by atoms with Crippen LogP contribution in [0.3, 0.4) is 0 Å². The van der Waals surface area contributed by atoms with Gasteiger partial charge in [-0.05, 0) is 24.6 Å². The highest BCUT2D eigenvalue weighted by molar-refractivity contribution is 6.35. The monoisotopic (exact) mass is 234 g/mol. The Balaban J connectivity index is 3.27. The first-order chi connectivity index (χ1) is 6.43. The van der Waals surface area contributed by atoms with Gasteiger partial charge in [-0.1, -0.05) is 23.2 Å². The number of halogens is 2. The molecule has 1 aromatic rings. The Bertz CT molecular complexity index is 353. The normalized spacial score (nSPS) is 12.6. The number of rotatable bonds is 2. The highest BCUT2D eigenvalue weighted by atomic mass is 35.5. The molecule has 14 heavy (non-hydrogen) atoms. The summed E-state index contributed by atoms with van der Waals surface area (Å²) in [7, 11) is 0. The van der Waals surface area contributed by atoms with Gasteiger partial charge in [0.15, 0.2) is 6.10 Å². The molecule has 1 atom stereocenters. The van der Waals surface area contributed by atoms with Crippen LogP contribution in [0.2, 0.25) is 10.0 Å². The van der Waals surface area contributed by atoms with Crippen molar-refractivity contribution in [1.29, 1.82) is 0 Å². The van der Waals surface area contributed by atoms with Gasteiger partial charge in [0, 0.05) is 15.6 Å². The largest absolute Gasteiger partial charge is 0.479 e. The second kappa shape index (κ2) is 4.17. The lowest BCUT2D eigenvalue weighted by molar-refractivity contribution is -0.147. The summed E-state index contributed by atoms with van der Waals surface area (Å²) < 4.78 is 0. The smallest absolute Gasteiger partial charge is 0.337 e. The minimum absolute atomic E-state index is 0.157. The van der Waals surface area contributed by atoms with Crippen molar-refractivity contribution >= 4 is 29.2 Å². The van der Waals surface area contributed by atoms with Gasteiger partial charge in [0.05, 0.1) is 0 Å². The van der Waals surface area contributed by atoms with Gasteiger partial charge in [-0.2, -0.15) is 0 Å². The number of aliphatic hydroxyl groups is 1.